The van der Waals surface area contributed by atoms with E-state index in [2.05, 4.69) is 4.72 Å². The first-order valence-corrected chi connectivity index (χ1v) is 12.8. The Morgan fingerprint density at radius 2 is 1.73 bits per heavy atom. The average Bonchev–Trinajstić information content (AvgIpc) is 3.22. The Hall–Kier alpha value is -1.98. The number of sulfone groups is 1. The van der Waals surface area contributed by atoms with Gasteiger partial charge >= 0.3 is 0 Å². The van der Waals surface area contributed by atoms with Gasteiger partial charge in [-0.15, -0.1) is 11.3 Å². The fourth-order valence-corrected chi connectivity index (χ4v) is 6.78. The van der Waals surface area contributed by atoms with Crippen molar-refractivity contribution in [1.29, 1.82) is 0 Å². The first kappa shape index (κ1) is 22.7. The van der Waals surface area contributed by atoms with Crippen LogP contribution in [0.5, 0.6) is 5.75 Å². The second-order valence-corrected chi connectivity index (χ2v) is 11.5. The number of methoxy groups -OCH3 is 1. The summed E-state index contributed by atoms with van der Waals surface area (Å²) in [6, 6.07) is 12.1. The summed E-state index contributed by atoms with van der Waals surface area (Å²) in [5.41, 5.74) is 0. The van der Waals surface area contributed by atoms with Gasteiger partial charge in [0.25, 0.3) is 0 Å². The zero-order valence-corrected chi connectivity index (χ0v) is 18.8. The monoisotopic (exact) mass is 489 g/mol. The third kappa shape index (κ3) is 4.84. The summed E-state index contributed by atoms with van der Waals surface area (Å²) in [7, 11) is -6.84. The summed E-state index contributed by atoms with van der Waals surface area (Å²) < 4.78 is 72.6. The average molecular weight is 490 g/mol. The number of halogens is 2. The van der Waals surface area contributed by atoms with Gasteiger partial charge < -0.3 is 4.74 Å². The SMILES string of the molecule is COc1ccc(S(=O)(=O)NC[C@H](c2cccs2)S(=O)(=O)c2ccc(Cl)cc2)cc1F. The summed E-state index contributed by atoms with van der Waals surface area (Å²) >= 11 is 7.03. The third-order valence-corrected chi connectivity index (χ3v) is 9.18. The molecule has 3 aromatic rings. The Bertz CT molecular complexity index is 1230. The molecular weight excluding hydrogens is 473 g/mol. The van der Waals surface area contributed by atoms with Crippen molar-refractivity contribution >= 4 is 42.8 Å². The van der Waals surface area contributed by atoms with E-state index < -0.39 is 37.5 Å². The highest BCUT2D eigenvalue weighted by Gasteiger charge is 2.31. The molecule has 1 heterocycles. The van der Waals surface area contributed by atoms with Crippen LogP contribution in [0.3, 0.4) is 0 Å². The van der Waals surface area contributed by atoms with Gasteiger partial charge in [-0.3, -0.25) is 0 Å². The van der Waals surface area contributed by atoms with E-state index in [1.807, 2.05) is 0 Å². The van der Waals surface area contributed by atoms with Gasteiger partial charge in [0.2, 0.25) is 10.0 Å². The number of hydrogen-bond acceptors (Lipinski definition) is 6. The molecule has 30 heavy (non-hydrogen) atoms. The maximum absolute atomic E-state index is 13.9. The molecule has 6 nitrogen and oxygen atoms in total. The molecule has 3 rings (SSSR count). The van der Waals surface area contributed by atoms with E-state index in [4.69, 9.17) is 16.3 Å². The molecule has 0 saturated heterocycles. The number of ether oxygens (including phenoxy) is 1. The molecule has 0 fully saturated rings. The predicted molar refractivity (Wildman–Crippen MR) is 114 cm³/mol. The van der Waals surface area contributed by atoms with E-state index in [1.54, 1.807) is 17.5 Å². The highest BCUT2D eigenvalue weighted by atomic mass is 35.5. The molecule has 0 aliphatic carbocycles. The maximum Gasteiger partial charge on any atom is 0.240 e. The Kier molecular flexibility index (Phi) is 6.83. The lowest BCUT2D eigenvalue weighted by Crippen LogP contribution is -2.31. The Morgan fingerprint density at radius 1 is 1.07 bits per heavy atom. The van der Waals surface area contributed by atoms with Gasteiger partial charge in [0.05, 0.1) is 16.9 Å². The number of rotatable bonds is 8. The lowest BCUT2D eigenvalue weighted by atomic mass is 10.3. The molecule has 0 aliphatic rings. The van der Waals surface area contributed by atoms with Crippen molar-refractivity contribution in [3.63, 3.8) is 0 Å². The topological polar surface area (TPSA) is 89.5 Å². The van der Waals surface area contributed by atoms with E-state index in [0.29, 0.717) is 9.90 Å². The molecular formula is C19H17ClFNO5S3. The smallest absolute Gasteiger partial charge is 0.240 e. The van der Waals surface area contributed by atoms with Gasteiger partial charge in [-0.25, -0.2) is 25.9 Å². The quantitative estimate of drug-likeness (QED) is 0.515. The molecule has 0 amide bonds. The minimum atomic E-state index is -4.17. The standard InChI is InChI=1S/C19H17ClFNO5S3/c1-27-17-9-8-15(11-16(17)21)30(25,26)22-12-19(18-3-2-10-28-18)29(23,24)14-6-4-13(20)5-7-14/h2-11,19,22H,12H2,1H3/t19-/m1/s1. The van der Waals surface area contributed by atoms with E-state index in [0.717, 1.165) is 6.07 Å². The summed E-state index contributed by atoms with van der Waals surface area (Å²) in [5, 5.41) is 0.910. The van der Waals surface area contributed by atoms with Gasteiger partial charge in [0.1, 0.15) is 5.25 Å². The van der Waals surface area contributed by atoms with Gasteiger partial charge in [-0.1, -0.05) is 17.7 Å². The molecule has 0 saturated carbocycles. The van der Waals surface area contributed by atoms with Crippen molar-refractivity contribution in [2.45, 2.75) is 15.0 Å². The van der Waals surface area contributed by atoms with Gasteiger partial charge in [-0.05, 0) is 53.9 Å². The van der Waals surface area contributed by atoms with Gasteiger partial charge in [0, 0.05) is 16.4 Å². The van der Waals surface area contributed by atoms with Crippen molar-refractivity contribution in [3.05, 3.63) is 75.7 Å². The molecule has 0 unspecified atom stereocenters. The Balaban J connectivity index is 1.91. The van der Waals surface area contributed by atoms with Crippen LogP contribution in [0.2, 0.25) is 5.02 Å². The molecule has 11 heteroatoms. The molecule has 1 aromatic heterocycles. The molecule has 1 atom stereocenters. The van der Waals surface area contributed by atoms with Crippen LogP contribution in [-0.4, -0.2) is 30.5 Å². The van der Waals surface area contributed by atoms with Crippen molar-refractivity contribution in [1.82, 2.24) is 4.72 Å². The lowest BCUT2D eigenvalue weighted by Gasteiger charge is -2.18. The number of hydrogen-bond donors (Lipinski definition) is 1. The second kappa shape index (κ2) is 9.03. The van der Waals surface area contributed by atoms with Crippen molar-refractivity contribution in [2.24, 2.45) is 0 Å². The zero-order valence-electron chi connectivity index (χ0n) is 15.6. The number of nitrogens with one attached hydrogen (secondary N) is 1. The van der Waals surface area contributed by atoms with Crippen LogP contribution in [0, 0.1) is 5.82 Å². The minimum absolute atomic E-state index is 0.0139. The number of benzene rings is 2. The van der Waals surface area contributed by atoms with Crippen molar-refractivity contribution in [2.75, 3.05) is 13.7 Å². The molecule has 0 spiro atoms. The van der Waals surface area contributed by atoms with Crippen molar-refractivity contribution in [3.8, 4) is 5.75 Å². The fraction of sp³-hybridized carbons (Fsp3) is 0.158. The molecule has 160 valence electrons. The number of thiophene rings is 1. The molecule has 0 aliphatic heterocycles. The first-order chi connectivity index (χ1) is 14.1. The lowest BCUT2D eigenvalue weighted by molar-refractivity contribution is 0.385. The minimum Gasteiger partial charge on any atom is -0.494 e. The van der Waals surface area contributed by atoms with Crippen LogP contribution < -0.4 is 9.46 Å². The highest BCUT2D eigenvalue weighted by molar-refractivity contribution is 7.92. The van der Waals surface area contributed by atoms with Crippen molar-refractivity contribution < 1.29 is 26.0 Å². The maximum atomic E-state index is 13.9. The van der Waals surface area contributed by atoms with Crippen LogP contribution in [-0.2, 0) is 19.9 Å². The van der Waals surface area contributed by atoms with E-state index >= 15 is 0 Å². The van der Waals surface area contributed by atoms with E-state index in [1.165, 1.54) is 54.8 Å². The van der Waals surface area contributed by atoms with Crippen LogP contribution in [0.25, 0.3) is 0 Å². The summed E-state index contributed by atoms with van der Waals surface area (Å²) in [6.45, 7) is -0.429. The van der Waals surface area contributed by atoms with Crippen LogP contribution in [0.1, 0.15) is 10.1 Å². The molecule has 2 aromatic carbocycles. The van der Waals surface area contributed by atoms with Gasteiger partial charge in [-0.2, -0.15) is 0 Å². The third-order valence-electron chi connectivity index (χ3n) is 4.27. The molecule has 0 radical (unpaired) electrons. The predicted octanol–water partition coefficient (Wildman–Crippen LogP) is 4.04. The summed E-state index contributed by atoms with van der Waals surface area (Å²) in [6.07, 6.45) is 0. The Labute approximate surface area is 183 Å². The zero-order chi connectivity index (χ0) is 21.9. The summed E-state index contributed by atoms with van der Waals surface area (Å²) in [4.78, 5) is 0.142. The van der Waals surface area contributed by atoms with E-state index in [-0.39, 0.29) is 15.5 Å². The molecule has 1 N–H and O–H groups in total. The second-order valence-electron chi connectivity index (χ2n) is 6.15. The number of sulfonamides is 1. The van der Waals surface area contributed by atoms with Crippen LogP contribution in [0.15, 0.2) is 69.8 Å². The van der Waals surface area contributed by atoms with E-state index in [9.17, 15) is 21.2 Å². The van der Waals surface area contributed by atoms with Crippen LogP contribution >= 0.6 is 22.9 Å². The van der Waals surface area contributed by atoms with Gasteiger partial charge in [0.15, 0.2) is 21.4 Å². The highest BCUT2D eigenvalue weighted by Crippen LogP contribution is 2.32. The largest absolute Gasteiger partial charge is 0.494 e. The first-order valence-electron chi connectivity index (χ1n) is 8.51. The Morgan fingerprint density at radius 3 is 2.30 bits per heavy atom. The summed E-state index contributed by atoms with van der Waals surface area (Å²) in [5.74, 6) is -0.945. The molecule has 0 bridgehead atoms. The normalized spacial score (nSPS) is 13.2. The fourth-order valence-electron chi connectivity index (χ4n) is 2.71. The van der Waals surface area contributed by atoms with Crippen LogP contribution in [0.4, 0.5) is 4.39 Å².